The molecule has 0 atom stereocenters. The number of rotatable bonds is 3. The minimum Gasteiger partial charge on any atom is -0.492 e. The molecule has 0 saturated heterocycles. The Hall–Kier alpha value is -2.07. The highest BCUT2D eigenvalue weighted by atomic mass is 19.1. The van der Waals surface area contributed by atoms with Gasteiger partial charge in [0.1, 0.15) is 18.2 Å². The SMILES string of the molecule is NCCOc1ccc2c(c1)[nH]c1cc(F)ccc12. The zero-order valence-electron chi connectivity index (χ0n) is 9.74. The largest absolute Gasteiger partial charge is 0.492 e. The van der Waals surface area contributed by atoms with Gasteiger partial charge in [0.05, 0.1) is 5.52 Å². The second kappa shape index (κ2) is 4.31. The van der Waals surface area contributed by atoms with Crippen molar-refractivity contribution in [2.75, 3.05) is 13.2 Å². The fourth-order valence-corrected chi connectivity index (χ4v) is 2.13. The van der Waals surface area contributed by atoms with Crippen molar-refractivity contribution < 1.29 is 9.13 Å². The van der Waals surface area contributed by atoms with Gasteiger partial charge < -0.3 is 15.5 Å². The maximum absolute atomic E-state index is 13.2. The molecule has 0 aliphatic rings. The van der Waals surface area contributed by atoms with E-state index in [1.807, 2.05) is 18.2 Å². The van der Waals surface area contributed by atoms with Gasteiger partial charge in [0.25, 0.3) is 0 Å². The molecule has 0 radical (unpaired) electrons. The molecule has 0 bridgehead atoms. The zero-order valence-corrected chi connectivity index (χ0v) is 9.74. The Bertz CT molecular complexity index is 705. The third kappa shape index (κ3) is 1.80. The molecule has 3 nitrogen and oxygen atoms in total. The average Bonchev–Trinajstić information content (AvgIpc) is 2.72. The molecule has 3 N–H and O–H groups in total. The van der Waals surface area contributed by atoms with Crippen LogP contribution in [0.3, 0.4) is 0 Å². The van der Waals surface area contributed by atoms with E-state index in [-0.39, 0.29) is 5.82 Å². The molecule has 2 aromatic carbocycles. The van der Waals surface area contributed by atoms with Crippen molar-refractivity contribution in [2.45, 2.75) is 0 Å². The fourth-order valence-electron chi connectivity index (χ4n) is 2.13. The number of nitrogens with one attached hydrogen (secondary N) is 1. The summed E-state index contributed by atoms with van der Waals surface area (Å²) in [5, 5.41) is 2.07. The Labute approximate surface area is 103 Å². The summed E-state index contributed by atoms with van der Waals surface area (Å²) in [5.41, 5.74) is 7.12. The van der Waals surface area contributed by atoms with Crippen LogP contribution in [-0.2, 0) is 0 Å². The quantitative estimate of drug-likeness (QED) is 0.744. The van der Waals surface area contributed by atoms with E-state index in [1.165, 1.54) is 12.1 Å². The molecule has 4 heteroatoms. The Morgan fingerprint density at radius 2 is 1.78 bits per heavy atom. The van der Waals surface area contributed by atoms with Crippen molar-refractivity contribution in [3.63, 3.8) is 0 Å². The minimum absolute atomic E-state index is 0.242. The highest BCUT2D eigenvalue weighted by Gasteiger charge is 2.06. The van der Waals surface area contributed by atoms with E-state index >= 15 is 0 Å². The smallest absolute Gasteiger partial charge is 0.125 e. The Kier molecular flexibility index (Phi) is 2.64. The summed E-state index contributed by atoms with van der Waals surface area (Å²) >= 11 is 0. The molecular weight excluding hydrogens is 231 g/mol. The second-order valence-corrected chi connectivity index (χ2v) is 4.16. The van der Waals surface area contributed by atoms with Gasteiger partial charge in [-0.05, 0) is 30.3 Å². The van der Waals surface area contributed by atoms with Crippen LogP contribution in [0, 0.1) is 5.82 Å². The van der Waals surface area contributed by atoms with Crippen molar-refractivity contribution in [1.29, 1.82) is 0 Å². The van der Waals surface area contributed by atoms with Gasteiger partial charge in [0, 0.05) is 28.9 Å². The Morgan fingerprint density at radius 3 is 2.56 bits per heavy atom. The van der Waals surface area contributed by atoms with E-state index in [0.717, 1.165) is 27.6 Å². The molecule has 0 spiro atoms. The van der Waals surface area contributed by atoms with E-state index < -0.39 is 0 Å². The van der Waals surface area contributed by atoms with Gasteiger partial charge >= 0.3 is 0 Å². The maximum Gasteiger partial charge on any atom is 0.125 e. The average molecular weight is 244 g/mol. The number of benzene rings is 2. The Balaban J connectivity index is 2.14. The van der Waals surface area contributed by atoms with E-state index in [9.17, 15) is 4.39 Å². The third-order valence-corrected chi connectivity index (χ3v) is 2.92. The normalized spacial score (nSPS) is 11.2. The maximum atomic E-state index is 13.2. The van der Waals surface area contributed by atoms with Gasteiger partial charge in [-0.1, -0.05) is 0 Å². The molecule has 0 amide bonds. The number of aromatic amines is 1. The summed E-state index contributed by atoms with van der Waals surface area (Å²) in [7, 11) is 0. The van der Waals surface area contributed by atoms with Crippen LogP contribution in [0.5, 0.6) is 5.75 Å². The first-order chi connectivity index (χ1) is 8.78. The lowest BCUT2D eigenvalue weighted by molar-refractivity contribution is 0.329. The molecule has 3 rings (SSSR count). The van der Waals surface area contributed by atoms with Crippen LogP contribution in [0.15, 0.2) is 36.4 Å². The first-order valence-corrected chi connectivity index (χ1v) is 5.82. The zero-order chi connectivity index (χ0) is 12.5. The summed E-state index contributed by atoms with van der Waals surface area (Å²) in [4.78, 5) is 3.18. The molecule has 1 aromatic heterocycles. The van der Waals surface area contributed by atoms with Crippen molar-refractivity contribution in [3.05, 3.63) is 42.2 Å². The highest BCUT2D eigenvalue weighted by Crippen LogP contribution is 2.28. The fraction of sp³-hybridized carbons (Fsp3) is 0.143. The van der Waals surface area contributed by atoms with Gasteiger partial charge in [-0.15, -0.1) is 0 Å². The van der Waals surface area contributed by atoms with Gasteiger partial charge in [0.2, 0.25) is 0 Å². The lowest BCUT2D eigenvalue weighted by Gasteiger charge is -2.03. The van der Waals surface area contributed by atoms with Crippen LogP contribution in [0.1, 0.15) is 0 Å². The van der Waals surface area contributed by atoms with E-state index in [2.05, 4.69) is 4.98 Å². The number of ether oxygens (including phenoxy) is 1. The van der Waals surface area contributed by atoms with E-state index in [1.54, 1.807) is 6.07 Å². The van der Waals surface area contributed by atoms with Gasteiger partial charge in [-0.3, -0.25) is 0 Å². The van der Waals surface area contributed by atoms with Crippen LogP contribution in [0.25, 0.3) is 21.8 Å². The first kappa shape index (κ1) is 11.0. The number of H-pyrrole nitrogens is 1. The van der Waals surface area contributed by atoms with Gasteiger partial charge in [-0.25, -0.2) is 4.39 Å². The van der Waals surface area contributed by atoms with Crippen LogP contribution < -0.4 is 10.5 Å². The number of nitrogens with two attached hydrogens (primary N) is 1. The molecule has 18 heavy (non-hydrogen) atoms. The second-order valence-electron chi connectivity index (χ2n) is 4.16. The number of halogens is 1. The summed E-state index contributed by atoms with van der Waals surface area (Å²) in [5.74, 6) is 0.522. The summed E-state index contributed by atoms with van der Waals surface area (Å²) in [6.45, 7) is 0.969. The van der Waals surface area contributed by atoms with E-state index in [4.69, 9.17) is 10.5 Å². The van der Waals surface area contributed by atoms with E-state index in [0.29, 0.717) is 13.2 Å². The molecule has 0 saturated carbocycles. The monoisotopic (exact) mass is 244 g/mol. The topological polar surface area (TPSA) is 51.0 Å². The lowest BCUT2D eigenvalue weighted by Crippen LogP contribution is -2.10. The van der Waals surface area contributed by atoms with Crippen LogP contribution in [-0.4, -0.2) is 18.1 Å². The van der Waals surface area contributed by atoms with Gasteiger partial charge in [0.15, 0.2) is 0 Å². The van der Waals surface area contributed by atoms with Gasteiger partial charge in [-0.2, -0.15) is 0 Å². The number of hydrogen-bond acceptors (Lipinski definition) is 2. The molecule has 3 aromatic rings. The first-order valence-electron chi connectivity index (χ1n) is 5.82. The van der Waals surface area contributed by atoms with Crippen LogP contribution >= 0.6 is 0 Å². The summed E-state index contributed by atoms with van der Waals surface area (Å²) < 4.78 is 18.6. The van der Waals surface area contributed by atoms with Crippen molar-refractivity contribution >= 4 is 21.8 Å². The Morgan fingerprint density at radius 1 is 1.06 bits per heavy atom. The number of hydrogen-bond donors (Lipinski definition) is 2. The van der Waals surface area contributed by atoms with Crippen molar-refractivity contribution in [3.8, 4) is 5.75 Å². The predicted octanol–water partition coefficient (Wildman–Crippen LogP) is 2.80. The molecule has 0 aliphatic carbocycles. The standard InChI is InChI=1S/C14H13FN2O/c15-9-1-3-11-12-4-2-10(18-6-5-16)8-14(12)17-13(11)7-9/h1-4,7-8,17H,5-6,16H2. The molecule has 0 fully saturated rings. The van der Waals surface area contributed by atoms with Crippen LogP contribution in [0.2, 0.25) is 0 Å². The highest BCUT2D eigenvalue weighted by molar-refractivity contribution is 6.07. The lowest BCUT2D eigenvalue weighted by atomic mass is 10.1. The summed E-state index contributed by atoms with van der Waals surface area (Å²) in [6, 6.07) is 10.5. The van der Waals surface area contributed by atoms with Crippen molar-refractivity contribution in [2.24, 2.45) is 5.73 Å². The van der Waals surface area contributed by atoms with Crippen LogP contribution in [0.4, 0.5) is 4.39 Å². The third-order valence-electron chi connectivity index (χ3n) is 2.92. The molecular formula is C14H13FN2O. The van der Waals surface area contributed by atoms with Crippen molar-refractivity contribution in [1.82, 2.24) is 4.98 Å². The predicted molar refractivity (Wildman–Crippen MR) is 70.3 cm³/mol. The summed E-state index contributed by atoms with van der Waals surface area (Å²) in [6.07, 6.45) is 0. The molecule has 0 unspecified atom stereocenters. The number of aromatic nitrogens is 1. The molecule has 92 valence electrons. The molecule has 1 heterocycles. The molecule has 0 aliphatic heterocycles. The number of fused-ring (bicyclic) bond motifs is 3. The minimum atomic E-state index is -0.242.